The molecule has 0 aliphatic carbocycles. The lowest BCUT2D eigenvalue weighted by atomic mass is 9.96. The zero-order chi connectivity index (χ0) is 20.4. The summed E-state index contributed by atoms with van der Waals surface area (Å²) in [7, 11) is 3.02. The minimum Gasteiger partial charge on any atom is -0.465 e. The molecule has 9 heteroatoms. The molecule has 158 valence electrons. The third-order valence-electron chi connectivity index (χ3n) is 4.65. The summed E-state index contributed by atoms with van der Waals surface area (Å²) in [5.41, 5.74) is 0.103. The van der Waals surface area contributed by atoms with Crippen LogP contribution in [0.4, 0.5) is 0 Å². The summed E-state index contributed by atoms with van der Waals surface area (Å²) in [5.74, 6) is 1.37. The van der Waals surface area contributed by atoms with Crippen molar-refractivity contribution in [1.82, 2.24) is 15.1 Å². The molecule has 0 aromatic carbocycles. The number of rotatable bonds is 4. The molecule has 0 spiro atoms. The largest absolute Gasteiger partial charge is 0.465 e. The molecular formula is C19H31IN4O4. The van der Waals surface area contributed by atoms with Crippen molar-refractivity contribution < 1.29 is 18.7 Å². The summed E-state index contributed by atoms with van der Waals surface area (Å²) < 4.78 is 10.4. The average molecular weight is 506 g/mol. The second kappa shape index (κ2) is 9.62. The van der Waals surface area contributed by atoms with Crippen LogP contribution in [0, 0.1) is 6.92 Å². The number of piperazine rings is 1. The minimum absolute atomic E-state index is 0. The first-order valence-corrected chi connectivity index (χ1v) is 9.06. The van der Waals surface area contributed by atoms with Gasteiger partial charge in [-0.2, -0.15) is 0 Å². The Kier molecular flexibility index (Phi) is 8.33. The molecule has 1 saturated heterocycles. The Morgan fingerprint density at radius 1 is 1.43 bits per heavy atom. The molecule has 0 saturated carbocycles. The van der Waals surface area contributed by atoms with Crippen molar-refractivity contribution in [3.8, 4) is 0 Å². The predicted octanol–water partition coefficient (Wildman–Crippen LogP) is 2.40. The van der Waals surface area contributed by atoms with E-state index in [9.17, 15) is 9.59 Å². The normalized spacial score (nSPS) is 16.9. The van der Waals surface area contributed by atoms with Gasteiger partial charge in [-0.3, -0.25) is 9.79 Å². The van der Waals surface area contributed by atoms with E-state index >= 15 is 0 Å². The van der Waals surface area contributed by atoms with E-state index in [0.29, 0.717) is 36.1 Å². The molecule has 1 fully saturated rings. The van der Waals surface area contributed by atoms with Gasteiger partial charge in [-0.1, -0.05) is 0 Å². The molecule has 0 unspecified atom stereocenters. The summed E-state index contributed by atoms with van der Waals surface area (Å²) >= 11 is 0. The van der Waals surface area contributed by atoms with Crippen LogP contribution in [0.1, 0.15) is 49.6 Å². The first-order valence-electron chi connectivity index (χ1n) is 9.06. The average Bonchev–Trinajstić information content (AvgIpc) is 2.93. The second-order valence-electron chi connectivity index (χ2n) is 7.60. The molecule has 1 aromatic heterocycles. The molecule has 0 radical (unpaired) electrons. The third kappa shape index (κ3) is 5.18. The number of carbonyl (C=O) groups excluding carboxylic acids is 2. The monoisotopic (exact) mass is 506 g/mol. The Morgan fingerprint density at radius 3 is 2.57 bits per heavy atom. The van der Waals surface area contributed by atoms with Crippen LogP contribution in [0.2, 0.25) is 0 Å². The molecule has 1 amide bonds. The van der Waals surface area contributed by atoms with Crippen molar-refractivity contribution in [3.63, 3.8) is 0 Å². The number of esters is 1. The summed E-state index contributed by atoms with van der Waals surface area (Å²) in [6.45, 7) is 11.2. The highest BCUT2D eigenvalue weighted by molar-refractivity contribution is 14.0. The summed E-state index contributed by atoms with van der Waals surface area (Å²) in [6, 6.07) is 1.81. The topological polar surface area (TPSA) is 87.4 Å². The number of methoxy groups -OCH3 is 1. The minimum atomic E-state index is -0.427. The Labute approximate surface area is 183 Å². The van der Waals surface area contributed by atoms with E-state index in [0.717, 1.165) is 0 Å². The lowest BCUT2D eigenvalue weighted by Crippen LogP contribution is -2.66. The third-order valence-corrected chi connectivity index (χ3v) is 4.65. The van der Waals surface area contributed by atoms with Crippen LogP contribution in [0.5, 0.6) is 0 Å². The maximum Gasteiger partial charge on any atom is 0.341 e. The summed E-state index contributed by atoms with van der Waals surface area (Å²) in [5, 5.41) is 3.21. The van der Waals surface area contributed by atoms with Crippen LogP contribution in [0.3, 0.4) is 0 Å². The fourth-order valence-electron chi connectivity index (χ4n) is 3.75. The quantitative estimate of drug-likeness (QED) is 0.292. The Bertz CT molecular complexity index is 742. The fourth-order valence-corrected chi connectivity index (χ4v) is 3.75. The van der Waals surface area contributed by atoms with Crippen molar-refractivity contribution in [2.24, 2.45) is 4.99 Å². The van der Waals surface area contributed by atoms with Crippen molar-refractivity contribution in [2.45, 2.75) is 52.7 Å². The molecule has 0 bridgehead atoms. The molecular weight excluding hydrogens is 475 g/mol. The first-order chi connectivity index (χ1) is 12.6. The SMILES string of the molecule is CN=C(NCc1cc(C(=O)OC)c(C)o1)N1CC(=O)N(C(C)C)C(C)(C)C1.I. The summed E-state index contributed by atoms with van der Waals surface area (Å²) in [6.07, 6.45) is 0. The molecule has 28 heavy (non-hydrogen) atoms. The van der Waals surface area contributed by atoms with Gasteiger partial charge in [0.25, 0.3) is 0 Å². The lowest BCUT2D eigenvalue weighted by Gasteiger charge is -2.49. The number of carbonyl (C=O) groups is 2. The van der Waals surface area contributed by atoms with Gasteiger partial charge in [0.2, 0.25) is 5.91 Å². The molecule has 2 heterocycles. The van der Waals surface area contributed by atoms with Gasteiger partial charge in [0.05, 0.1) is 25.7 Å². The van der Waals surface area contributed by atoms with E-state index in [1.807, 2.05) is 23.6 Å². The van der Waals surface area contributed by atoms with Gasteiger partial charge in [-0.25, -0.2) is 4.79 Å². The van der Waals surface area contributed by atoms with Crippen LogP contribution in [0.15, 0.2) is 15.5 Å². The molecule has 8 nitrogen and oxygen atoms in total. The van der Waals surface area contributed by atoms with Gasteiger partial charge in [0.1, 0.15) is 17.1 Å². The highest BCUT2D eigenvalue weighted by atomic mass is 127. The molecule has 1 aliphatic rings. The van der Waals surface area contributed by atoms with Crippen molar-refractivity contribution >= 4 is 41.8 Å². The van der Waals surface area contributed by atoms with Gasteiger partial charge in [-0.15, -0.1) is 24.0 Å². The Hall–Kier alpha value is -1.78. The van der Waals surface area contributed by atoms with Gasteiger partial charge >= 0.3 is 5.97 Å². The number of hydrogen-bond acceptors (Lipinski definition) is 5. The molecule has 1 N–H and O–H groups in total. The molecule has 1 aromatic rings. The van der Waals surface area contributed by atoms with Gasteiger partial charge in [0.15, 0.2) is 5.96 Å². The number of hydrogen-bond donors (Lipinski definition) is 1. The number of ether oxygens (including phenoxy) is 1. The van der Waals surface area contributed by atoms with Crippen molar-refractivity contribution in [1.29, 1.82) is 0 Å². The maximum atomic E-state index is 12.6. The highest BCUT2D eigenvalue weighted by Crippen LogP contribution is 2.24. The lowest BCUT2D eigenvalue weighted by molar-refractivity contribution is -0.145. The smallest absolute Gasteiger partial charge is 0.341 e. The van der Waals surface area contributed by atoms with Crippen LogP contribution < -0.4 is 5.32 Å². The fraction of sp³-hybridized carbons (Fsp3) is 0.632. The summed E-state index contributed by atoms with van der Waals surface area (Å²) in [4.78, 5) is 32.5. The van der Waals surface area contributed by atoms with Crippen molar-refractivity contribution in [2.75, 3.05) is 27.2 Å². The first kappa shape index (κ1) is 24.3. The zero-order valence-corrected chi connectivity index (χ0v) is 20.0. The van der Waals surface area contributed by atoms with E-state index < -0.39 is 5.97 Å². The number of nitrogens with one attached hydrogen (secondary N) is 1. The van der Waals surface area contributed by atoms with Crippen LogP contribution in [-0.4, -0.2) is 66.5 Å². The van der Waals surface area contributed by atoms with Gasteiger partial charge in [0, 0.05) is 19.6 Å². The van der Waals surface area contributed by atoms with Crippen LogP contribution in [0.25, 0.3) is 0 Å². The van der Waals surface area contributed by atoms with Gasteiger partial charge < -0.3 is 24.3 Å². The standard InChI is InChI=1S/C19H30N4O4.HI/c1-12(2)23-16(24)10-22(11-19(23,4)5)18(20-6)21-9-14-8-15(13(3)27-14)17(25)26-7;/h8,12H,9-11H2,1-7H3,(H,20,21);1H. The maximum absolute atomic E-state index is 12.6. The number of furan rings is 1. The van der Waals surface area contributed by atoms with Gasteiger partial charge in [-0.05, 0) is 40.7 Å². The van der Waals surface area contributed by atoms with Crippen LogP contribution >= 0.6 is 24.0 Å². The zero-order valence-electron chi connectivity index (χ0n) is 17.7. The number of nitrogens with zero attached hydrogens (tertiary/aromatic N) is 3. The van der Waals surface area contributed by atoms with E-state index in [2.05, 4.69) is 24.2 Å². The Morgan fingerprint density at radius 2 is 2.07 bits per heavy atom. The van der Waals surface area contributed by atoms with E-state index in [1.165, 1.54) is 7.11 Å². The predicted molar refractivity (Wildman–Crippen MR) is 118 cm³/mol. The molecule has 2 rings (SSSR count). The highest BCUT2D eigenvalue weighted by Gasteiger charge is 2.40. The van der Waals surface area contributed by atoms with E-state index in [-0.39, 0.29) is 48.0 Å². The Balaban J connectivity index is 0.00000392. The molecule has 0 atom stereocenters. The van der Waals surface area contributed by atoms with Crippen molar-refractivity contribution in [3.05, 3.63) is 23.2 Å². The number of aryl methyl sites for hydroxylation is 1. The second-order valence-corrected chi connectivity index (χ2v) is 7.60. The number of halogens is 1. The van der Waals surface area contributed by atoms with E-state index in [4.69, 9.17) is 9.15 Å². The number of guanidine groups is 1. The number of aliphatic imine (C=N–C) groups is 1. The molecule has 1 aliphatic heterocycles. The van der Waals surface area contributed by atoms with E-state index in [1.54, 1.807) is 20.0 Å². The number of amides is 1. The van der Waals surface area contributed by atoms with Crippen LogP contribution in [-0.2, 0) is 16.1 Å².